The lowest BCUT2D eigenvalue weighted by Gasteiger charge is -2.14. The molecular formula is C27H29ClN8O3. The molecule has 0 aromatic heterocycles. The topological polar surface area (TPSA) is 140 Å². The number of hydrogen-bond donors (Lipinski definition) is 6. The molecular weight excluding hydrogens is 520 g/mol. The summed E-state index contributed by atoms with van der Waals surface area (Å²) in [5.74, 6) is 2.16. The summed E-state index contributed by atoms with van der Waals surface area (Å²) in [7, 11) is 1.51. The Morgan fingerprint density at radius 1 is 0.692 bits per heavy atom. The Balaban J connectivity index is 0.00000353. The van der Waals surface area contributed by atoms with Crippen LogP contribution < -0.4 is 36.6 Å². The molecule has 2 heterocycles. The average molecular weight is 549 g/mol. The first-order valence-corrected chi connectivity index (χ1v) is 12.2. The fourth-order valence-corrected chi connectivity index (χ4v) is 4.07. The van der Waals surface area contributed by atoms with Crippen molar-refractivity contribution in [3.05, 3.63) is 77.9 Å². The summed E-state index contributed by atoms with van der Waals surface area (Å²) in [6.45, 7) is 3.19. The molecule has 3 aromatic rings. The molecule has 0 aliphatic carbocycles. The summed E-state index contributed by atoms with van der Waals surface area (Å²) in [5, 5.41) is 17.6. The summed E-state index contributed by atoms with van der Waals surface area (Å²) in [5.41, 5.74) is 4.07. The number of nitrogens with zero attached hydrogens (tertiary/aromatic N) is 2. The van der Waals surface area contributed by atoms with E-state index in [0.717, 1.165) is 49.0 Å². The molecule has 0 fully saturated rings. The Labute approximate surface area is 231 Å². The summed E-state index contributed by atoms with van der Waals surface area (Å²) in [4.78, 5) is 34.0. The van der Waals surface area contributed by atoms with E-state index in [-0.39, 0.29) is 12.4 Å². The molecule has 202 valence electrons. The molecule has 0 saturated heterocycles. The number of urea groups is 2. The van der Waals surface area contributed by atoms with E-state index in [2.05, 4.69) is 41.9 Å². The van der Waals surface area contributed by atoms with Gasteiger partial charge in [0.05, 0.1) is 25.9 Å². The van der Waals surface area contributed by atoms with Gasteiger partial charge in [0, 0.05) is 41.3 Å². The standard InChI is InChI=1S/C27H28N8O3.ClH/c1-38-23-11-10-21(34-26(36)32-19-6-2-17(3-7-19)24-28-12-13-29-24)16-22(23)35-27(37)33-20-8-4-18(5-9-20)25-30-14-15-31-25;/h2-11,16H,12-15H2,1H3,(H,28,29)(H,30,31)(H2,32,34,36)(H2,33,35,37);1H. The summed E-state index contributed by atoms with van der Waals surface area (Å²) in [6.07, 6.45) is 0. The zero-order chi connectivity index (χ0) is 26.3. The Bertz CT molecular complexity index is 1390. The summed E-state index contributed by atoms with van der Waals surface area (Å²) < 4.78 is 5.37. The predicted molar refractivity (Wildman–Crippen MR) is 157 cm³/mol. The van der Waals surface area contributed by atoms with Gasteiger partial charge in [-0.1, -0.05) is 0 Å². The highest BCUT2D eigenvalue weighted by Gasteiger charge is 2.13. The van der Waals surface area contributed by atoms with Gasteiger partial charge in [-0.3, -0.25) is 9.98 Å². The number of hydrogen-bond acceptors (Lipinski definition) is 7. The van der Waals surface area contributed by atoms with Crippen molar-refractivity contribution in [2.45, 2.75) is 0 Å². The SMILES string of the molecule is COc1ccc(NC(=O)Nc2ccc(C3=NCCN3)cc2)cc1NC(=O)Nc1ccc(C2=NCCN2)cc1.Cl. The maximum Gasteiger partial charge on any atom is 0.323 e. The lowest BCUT2D eigenvalue weighted by atomic mass is 10.2. The number of nitrogens with one attached hydrogen (secondary N) is 6. The van der Waals surface area contributed by atoms with Crippen molar-refractivity contribution in [1.29, 1.82) is 0 Å². The first kappa shape index (κ1) is 27.3. The van der Waals surface area contributed by atoms with Crippen LogP contribution in [0.2, 0.25) is 0 Å². The number of amides is 4. The van der Waals surface area contributed by atoms with Crippen LogP contribution >= 0.6 is 12.4 Å². The van der Waals surface area contributed by atoms with Crippen LogP contribution in [-0.2, 0) is 0 Å². The van der Waals surface area contributed by atoms with Gasteiger partial charge < -0.3 is 36.6 Å². The second-order valence-corrected chi connectivity index (χ2v) is 8.54. The number of rotatable bonds is 7. The van der Waals surface area contributed by atoms with E-state index in [1.54, 1.807) is 30.3 Å². The molecule has 39 heavy (non-hydrogen) atoms. The van der Waals surface area contributed by atoms with Gasteiger partial charge >= 0.3 is 12.1 Å². The van der Waals surface area contributed by atoms with Gasteiger partial charge in [0.15, 0.2) is 0 Å². The van der Waals surface area contributed by atoms with Crippen LogP contribution in [0.25, 0.3) is 0 Å². The van der Waals surface area contributed by atoms with Crippen LogP contribution in [0.4, 0.5) is 32.3 Å². The van der Waals surface area contributed by atoms with Crippen LogP contribution in [0.1, 0.15) is 11.1 Å². The van der Waals surface area contributed by atoms with E-state index in [1.807, 2.05) is 36.4 Å². The molecule has 0 bridgehead atoms. The first-order chi connectivity index (χ1) is 18.6. The van der Waals surface area contributed by atoms with Gasteiger partial charge in [-0.2, -0.15) is 0 Å². The van der Waals surface area contributed by atoms with Gasteiger partial charge in [0.2, 0.25) is 0 Å². The molecule has 5 rings (SSSR count). The molecule has 4 amide bonds. The lowest BCUT2D eigenvalue weighted by Crippen LogP contribution is -2.22. The fourth-order valence-electron chi connectivity index (χ4n) is 4.07. The van der Waals surface area contributed by atoms with Crippen LogP contribution in [0, 0.1) is 0 Å². The third-order valence-electron chi connectivity index (χ3n) is 5.89. The minimum Gasteiger partial charge on any atom is -0.495 e. The van der Waals surface area contributed by atoms with Gasteiger partial charge in [-0.15, -0.1) is 12.4 Å². The minimum atomic E-state index is -0.449. The van der Waals surface area contributed by atoms with E-state index in [0.29, 0.717) is 28.5 Å². The van der Waals surface area contributed by atoms with E-state index >= 15 is 0 Å². The molecule has 0 unspecified atom stereocenters. The molecule has 2 aliphatic rings. The van der Waals surface area contributed by atoms with Gasteiger partial charge in [0.1, 0.15) is 17.4 Å². The lowest BCUT2D eigenvalue weighted by molar-refractivity contribution is 0.261. The highest BCUT2D eigenvalue weighted by Crippen LogP contribution is 2.28. The third-order valence-corrected chi connectivity index (χ3v) is 5.89. The Morgan fingerprint density at radius 3 is 1.62 bits per heavy atom. The fraction of sp³-hybridized carbons (Fsp3) is 0.185. The molecule has 2 aliphatic heterocycles. The van der Waals surface area contributed by atoms with Crippen molar-refractivity contribution in [3.63, 3.8) is 0 Å². The molecule has 3 aromatic carbocycles. The van der Waals surface area contributed by atoms with Gasteiger partial charge in [0.25, 0.3) is 0 Å². The van der Waals surface area contributed by atoms with E-state index < -0.39 is 12.1 Å². The number of methoxy groups -OCH3 is 1. The van der Waals surface area contributed by atoms with Crippen molar-refractivity contribution in [1.82, 2.24) is 10.6 Å². The van der Waals surface area contributed by atoms with Crippen molar-refractivity contribution < 1.29 is 14.3 Å². The number of carbonyl (C=O) groups excluding carboxylic acids is 2. The quantitative estimate of drug-likeness (QED) is 0.264. The molecule has 12 heteroatoms. The van der Waals surface area contributed by atoms with E-state index in [9.17, 15) is 9.59 Å². The van der Waals surface area contributed by atoms with Crippen molar-refractivity contribution in [3.8, 4) is 5.75 Å². The van der Waals surface area contributed by atoms with E-state index in [1.165, 1.54) is 7.11 Å². The number of carbonyl (C=O) groups is 2. The zero-order valence-electron chi connectivity index (χ0n) is 21.2. The third kappa shape index (κ3) is 6.96. The number of anilines is 4. The number of aliphatic imine (C=N–C) groups is 2. The maximum atomic E-state index is 12.7. The predicted octanol–water partition coefficient (Wildman–Crippen LogP) is 4.10. The first-order valence-electron chi connectivity index (χ1n) is 12.2. The molecule has 11 nitrogen and oxygen atoms in total. The number of amidine groups is 2. The van der Waals surface area contributed by atoms with Gasteiger partial charge in [-0.25, -0.2) is 9.59 Å². The second kappa shape index (κ2) is 12.7. The maximum absolute atomic E-state index is 12.7. The zero-order valence-corrected chi connectivity index (χ0v) is 22.0. The van der Waals surface area contributed by atoms with Crippen molar-refractivity contribution in [2.24, 2.45) is 9.98 Å². The van der Waals surface area contributed by atoms with Crippen molar-refractivity contribution >= 4 is 58.9 Å². The number of benzene rings is 3. The monoisotopic (exact) mass is 548 g/mol. The second-order valence-electron chi connectivity index (χ2n) is 8.54. The molecule has 0 spiro atoms. The van der Waals surface area contributed by atoms with Crippen LogP contribution in [0.5, 0.6) is 5.75 Å². The Kier molecular flexibility index (Phi) is 8.85. The highest BCUT2D eigenvalue weighted by atomic mass is 35.5. The summed E-state index contributed by atoms with van der Waals surface area (Å²) in [6, 6.07) is 18.9. The largest absolute Gasteiger partial charge is 0.495 e. The van der Waals surface area contributed by atoms with Crippen LogP contribution in [0.3, 0.4) is 0 Å². The van der Waals surface area contributed by atoms with Crippen LogP contribution in [-0.4, -0.2) is 57.0 Å². The normalized spacial score (nSPS) is 13.6. The number of halogens is 1. The smallest absolute Gasteiger partial charge is 0.323 e. The average Bonchev–Trinajstić information content (AvgIpc) is 3.65. The number of ether oxygens (including phenoxy) is 1. The van der Waals surface area contributed by atoms with E-state index in [4.69, 9.17) is 4.74 Å². The Morgan fingerprint density at radius 2 is 1.15 bits per heavy atom. The highest BCUT2D eigenvalue weighted by molar-refractivity contribution is 6.04. The van der Waals surface area contributed by atoms with Crippen molar-refractivity contribution in [2.75, 3.05) is 54.6 Å². The minimum absolute atomic E-state index is 0. The summed E-state index contributed by atoms with van der Waals surface area (Å²) >= 11 is 0. The van der Waals surface area contributed by atoms with Gasteiger partial charge in [-0.05, 0) is 66.7 Å². The molecule has 0 saturated carbocycles. The Hall–Kier alpha value is -4.77. The molecule has 0 atom stereocenters. The molecule has 6 N–H and O–H groups in total. The van der Waals surface area contributed by atoms with Crippen LogP contribution in [0.15, 0.2) is 76.7 Å². The molecule has 0 radical (unpaired) electrons.